The predicted octanol–water partition coefficient (Wildman–Crippen LogP) is 3.08. The van der Waals surface area contributed by atoms with Crippen LogP contribution in [-0.2, 0) is 16.0 Å². The van der Waals surface area contributed by atoms with Crippen LogP contribution in [0.5, 0.6) is 0 Å². The summed E-state index contributed by atoms with van der Waals surface area (Å²) in [5.41, 5.74) is 2.60. The SMILES string of the molecule is CC(=O)C1=C(O)[C@H]2c3c[nH]c4cccc(c34)C[C@@H]2C(C)(C)N(C)C1=O. The molecule has 2 N–H and O–H groups in total. The van der Waals surface area contributed by atoms with Gasteiger partial charge in [0.2, 0.25) is 0 Å². The molecular weight excluding hydrogens is 316 g/mol. The summed E-state index contributed by atoms with van der Waals surface area (Å²) in [7, 11) is 1.72. The Kier molecular flexibility index (Phi) is 3.17. The number of benzene rings is 1. The molecule has 2 heterocycles. The fourth-order valence-corrected chi connectivity index (χ4v) is 4.55. The quantitative estimate of drug-likeness (QED) is 0.785. The smallest absolute Gasteiger partial charge is 0.261 e. The lowest BCUT2D eigenvalue weighted by molar-refractivity contribution is -0.133. The maximum absolute atomic E-state index is 12.9. The highest BCUT2D eigenvalue weighted by atomic mass is 16.3. The maximum atomic E-state index is 12.9. The first kappa shape index (κ1) is 15.9. The second-order valence-electron chi connectivity index (χ2n) is 7.71. The molecule has 0 radical (unpaired) electrons. The van der Waals surface area contributed by atoms with Gasteiger partial charge < -0.3 is 15.0 Å². The molecule has 1 aliphatic heterocycles. The Balaban J connectivity index is 2.06. The van der Waals surface area contributed by atoms with Crippen molar-refractivity contribution in [2.45, 2.75) is 38.6 Å². The number of nitrogens with zero attached hydrogens (tertiary/aromatic N) is 1. The number of allylic oxidation sites excluding steroid dienone is 1. The van der Waals surface area contributed by atoms with Crippen molar-refractivity contribution in [1.29, 1.82) is 0 Å². The average Bonchev–Trinajstić information content (AvgIpc) is 2.97. The molecule has 0 unspecified atom stereocenters. The van der Waals surface area contributed by atoms with Gasteiger partial charge in [0.15, 0.2) is 5.78 Å². The molecular formula is C20H22N2O3. The van der Waals surface area contributed by atoms with Gasteiger partial charge in [0.1, 0.15) is 11.3 Å². The zero-order valence-corrected chi connectivity index (χ0v) is 14.9. The minimum atomic E-state index is -0.510. The van der Waals surface area contributed by atoms with Gasteiger partial charge in [-0.25, -0.2) is 0 Å². The van der Waals surface area contributed by atoms with Crippen LogP contribution in [0.3, 0.4) is 0 Å². The highest BCUT2D eigenvalue weighted by molar-refractivity contribution is 6.19. The van der Waals surface area contributed by atoms with Gasteiger partial charge >= 0.3 is 0 Å². The third-order valence-electron chi connectivity index (χ3n) is 6.19. The maximum Gasteiger partial charge on any atom is 0.261 e. The number of nitrogens with one attached hydrogen (secondary N) is 1. The molecule has 25 heavy (non-hydrogen) atoms. The number of aromatic amines is 1. The Labute approximate surface area is 146 Å². The standard InChI is InChI=1S/C20H22N2O3/c1-10(23)15-18(24)17-12-9-21-14-7-5-6-11(16(12)14)8-13(17)20(2,3)22(4)19(15)25/h5-7,9,13,17,21,24H,8H2,1-4H3/t13-,17-/m0/s1. The van der Waals surface area contributed by atoms with Crippen molar-refractivity contribution in [3.8, 4) is 0 Å². The lowest BCUT2D eigenvalue weighted by Gasteiger charge is -2.45. The van der Waals surface area contributed by atoms with Crippen LogP contribution in [0.25, 0.3) is 10.9 Å². The lowest BCUT2D eigenvalue weighted by Crippen LogP contribution is -2.52. The highest BCUT2D eigenvalue weighted by Gasteiger charge is 2.50. The number of hydrogen-bond donors (Lipinski definition) is 2. The fourth-order valence-electron chi connectivity index (χ4n) is 4.55. The highest BCUT2D eigenvalue weighted by Crippen LogP contribution is 2.50. The average molecular weight is 338 g/mol. The first-order chi connectivity index (χ1) is 11.7. The number of Topliss-reactive ketones (excluding diaryl/α,β-unsaturated/α-hetero) is 1. The van der Waals surface area contributed by atoms with E-state index in [2.05, 4.69) is 11.1 Å². The molecule has 0 saturated carbocycles. The number of aromatic nitrogens is 1. The molecule has 1 aromatic heterocycles. The number of H-pyrrole nitrogens is 1. The number of hydrogen-bond acceptors (Lipinski definition) is 3. The number of aliphatic hydroxyl groups excluding tert-OH is 1. The van der Waals surface area contributed by atoms with Crippen molar-refractivity contribution in [3.05, 3.63) is 46.9 Å². The summed E-state index contributed by atoms with van der Waals surface area (Å²) >= 11 is 0. The number of carbonyl (C=O) groups excluding carboxylic acids is 2. The summed E-state index contributed by atoms with van der Waals surface area (Å²) in [5.74, 6) is -1.27. The van der Waals surface area contributed by atoms with Crippen LogP contribution < -0.4 is 0 Å². The third-order valence-corrected chi connectivity index (χ3v) is 6.19. The molecule has 1 aromatic carbocycles. The van der Waals surface area contributed by atoms with Gasteiger partial charge in [0.25, 0.3) is 5.91 Å². The van der Waals surface area contributed by atoms with E-state index >= 15 is 0 Å². The fraction of sp³-hybridized carbons (Fsp3) is 0.400. The first-order valence-electron chi connectivity index (χ1n) is 8.56. The van der Waals surface area contributed by atoms with E-state index < -0.39 is 17.2 Å². The second kappa shape index (κ2) is 4.97. The van der Waals surface area contributed by atoms with E-state index in [1.807, 2.05) is 32.2 Å². The van der Waals surface area contributed by atoms with Crippen molar-refractivity contribution in [3.63, 3.8) is 0 Å². The summed E-state index contributed by atoms with van der Waals surface area (Å²) in [6.07, 6.45) is 2.65. The molecule has 0 fully saturated rings. The zero-order valence-electron chi connectivity index (χ0n) is 14.9. The number of likely N-dealkylation sites (N-methyl/N-ethyl adjacent to an activating group) is 1. The van der Waals surface area contributed by atoms with E-state index in [9.17, 15) is 14.7 Å². The molecule has 1 amide bonds. The predicted molar refractivity (Wildman–Crippen MR) is 95.4 cm³/mol. The van der Waals surface area contributed by atoms with Crippen LogP contribution in [0.2, 0.25) is 0 Å². The summed E-state index contributed by atoms with van der Waals surface area (Å²) < 4.78 is 0. The van der Waals surface area contributed by atoms with Crippen molar-refractivity contribution in [2.75, 3.05) is 7.05 Å². The topological polar surface area (TPSA) is 73.4 Å². The molecule has 130 valence electrons. The molecule has 2 aliphatic rings. The normalized spacial score (nSPS) is 25.1. The number of fused-ring (bicyclic) bond motifs is 2. The minimum Gasteiger partial charge on any atom is -0.511 e. The monoisotopic (exact) mass is 338 g/mol. The number of amides is 1. The summed E-state index contributed by atoms with van der Waals surface area (Å²) in [5, 5.41) is 12.1. The van der Waals surface area contributed by atoms with Crippen LogP contribution in [0.1, 0.15) is 37.8 Å². The molecule has 4 rings (SSSR count). The Bertz CT molecular complexity index is 951. The molecule has 0 saturated heterocycles. The Morgan fingerprint density at radius 3 is 2.76 bits per heavy atom. The molecule has 1 aliphatic carbocycles. The van der Waals surface area contributed by atoms with Crippen LogP contribution in [0.4, 0.5) is 0 Å². The van der Waals surface area contributed by atoms with Gasteiger partial charge in [0, 0.05) is 35.6 Å². The van der Waals surface area contributed by atoms with Gasteiger partial charge in [-0.15, -0.1) is 0 Å². The summed E-state index contributed by atoms with van der Waals surface area (Å²) in [6, 6.07) is 6.13. The van der Waals surface area contributed by atoms with E-state index in [0.29, 0.717) is 0 Å². The van der Waals surface area contributed by atoms with E-state index in [0.717, 1.165) is 22.9 Å². The largest absolute Gasteiger partial charge is 0.511 e. The zero-order chi connectivity index (χ0) is 18.1. The van der Waals surface area contributed by atoms with E-state index in [-0.39, 0.29) is 23.2 Å². The lowest BCUT2D eigenvalue weighted by atomic mass is 9.67. The van der Waals surface area contributed by atoms with Crippen molar-refractivity contribution < 1.29 is 14.7 Å². The Morgan fingerprint density at radius 1 is 1.36 bits per heavy atom. The van der Waals surface area contributed by atoms with Gasteiger partial charge in [-0.05, 0) is 50.3 Å². The van der Waals surface area contributed by atoms with Gasteiger partial charge in [0.05, 0.1) is 0 Å². The number of aliphatic hydroxyl groups is 1. The summed E-state index contributed by atoms with van der Waals surface area (Å²) in [4.78, 5) is 29.9. The van der Waals surface area contributed by atoms with Crippen LogP contribution in [-0.4, -0.2) is 39.3 Å². The molecule has 2 atom stereocenters. The van der Waals surface area contributed by atoms with Gasteiger partial charge in [-0.1, -0.05) is 12.1 Å². The third kappa shape index (κ3) is 1.95. The van der Waals surface area contributed by atoms with Crippen LogP contribution in [0, 0.1) is 5.92 Å². The first-order valence-corrected chi connectivity index (χ1v) is 8.56. The van der Waals surface area contributed by atoms with Crippen LogP contribution >= 0.6 is 0 Å². The van der Waals surface area contributed by atoms with Crippen molar-refractivity contribution >= 4 is 22.6 Å². The van der Waals surface area contributed by atoms with Crippen molar-refractivity contribution in [2.24, 2.45) is 5.92 Å². The van der Waals surface area contributed by atoms with Crippen LogP contribution in [0.15, 0.2) is 35.7 Å². The van der Waals surface area contributed by atoms with E-state index in [1.165, 1.54) is 12.5 Å². The molecule has 5 nitrogen and oxygen atoms in total. The number of rotatable bonds is 1. The van der Waals surface area contributed by atoms with Crippen molar-refractivity contribution in [1.82, 2.24) is 9.88 Å². The number of ketones is 1. The van der Waals surface area contributed by atoms with Gasteiger partial charge in [-0.2, -0.15) is 0 Å². The summed E-state index contributed by atoms with van der Waals surface area (Å²) in [6.45, 7) is 5.36. The van der Waals surface area contributed by atoms with Gasteiger partial charge in [-0.3, -0.25) is 9.59 Å². The Morgan fingerprint density at radius 2 is 2.08 bits per heavy atom. The minimum absolute atomic E-state index is 0.0211. The second-order valence-corrected chi connectivity index (χ2v) is 7.71. The molecule has 0 spiro atoms. The molecule has 5 heteroatoms. The van der Waals surface area contributed by atoms with E-state index in [1.54, 1.807) is 11.9 Å². The number of carbonyl (C=O) groups is 2. The molecule has 2 aromatic rings. The molecule has 0 bridgehead atoms. The Hall–Kier alpha value is -2.56. The van der Waals surface area contributed by atoms with E-state index in [4.69, 9.17) is 0 Å².